The summed E-state index contributed by atoms with van der Waals surface area (Å²) in [6, 6.07) is 7.00. The summed E-state index contributed by atoms with van der Waals surface area (Å²) in [6.07, 6.45) is 7.11. The maximum absolute atomic E-state index is 13.0. The first-order valence-corrected chi connectivity index (χ1v) is 12.2. The molecule has 9 nitrogen and oxygen atoms in total. The van der Waals surface area contributed by atoms with Crippen molar-refractivity contribution in [3.05, 3.63) is 34.6 Å². The Bertz CT molecular complexity index is 1180. The van der Waals surface area contributed by atoms with Crippen LogP contribution in [0.1, 0.15) is 51.9 Å². The average molecular weight is 457 g/mol. The molecule has 0 spiro atoms. The highest BCUT2D eigenvalue weighted by molar-refractivity contribution is 7.99. The molecule has 0 saturated heterocycles. The molecule has 1 fully saturated rings. The lowest BCUT2D eigenvalue weighted by molar-refractivity contribution is -0.117. The molecule has 0 bridgehead atoms. The number of rotatable bonds is 7. The van der Waals surface area contributed by atoms with Gasteiger partial charge in [-0.3, -0.25) is 23.9 Å². The molecule has 0 radical (unpaired) electrons. The van der Waals surface area contributed by atoms with Crippen molar-refractivity contribution in [2.75, 3.05) is 5.75 Å². The van der Waals surface area contributed by atoms with E-state index in [1.807, 2.05) is 22.6 Å². The molecule has 0 atom stereocenters. The molecule has 4 rings (SSSR count). The Hall–Kier alpha value is -2.88. The third-order valence-electron chi connectivity index (χ3n) is 5.74. The molecule has 2 aromatic heterocycles. The second kappa shape index (κ2) is 10.2. The van der Waals surface area contributed by atoms with Gasteiger partial charge in [0.15, 0.2) is 5.16 Å². The van der Waals surface area contributed by atoms with Crippen LogP contribution < -0.4 is 16.2 Å². The van der Waals surface area contributed by atoms with Gasteiger partial charge in [-0.2, -0.15) is 0 Å². The molecule has 1 aliphatic rings. The van der Waals surface area contributed by atoms with Crippen LogP contribution in [0.2, 0.25) is 0 Å². The maximum Gasteiger partial charge on any atom is 0.321 e. The molecule has 0 aliphatic heterocycles. The van der Waals surface area contributed by atoms with Crippen molar-refractivity contribution in [2.45, 2.75) is 69.6 Å². The molecule has 1 aromatic carbocycles. The van der Waals surface area contributed by atoms with Crippen LogP contribution in [0.25, 0.3) is 16.7 Å². The van der Waals surface area contributed by atoms with Crippen molar-refractivity contribution in [1.29, 1.82) is 0 Å². The summed E-state index contributed by atoms with van der Waals surface area (Å²) in [5.41, 5.74) is 0.603. The zero-order valence-electron chi connectivity index (χ0n) is 18.2. The molecule has 3 amide bonds. The molecular formula is C22H28N6O3S. The predicted octanol–water partition coefficient (Wildman–Crippen LogP) is 3.09. The number of hydrogen-bond donors (Lipinski definition) is 2. The Labute approximate surface area is 190 Å². The first-order chi connectivity index (χ1) is 15.6. The minimum Gasteiger partial charge on any atom is -0.335 e. The number of thioether (sulfide) groups is 1. The fourth-order valence-electron chi connectivity index (χ4n) is 4.11. The third kappa shape index (κ3) is 4.79. The van der Waals surface area contributed by atoms with Gasteiger partial charge in [0.1, 0.15) is 0 Å². The van der Waals surface area contributed by atoms with Gasteiger partial charge in [0.2, 0.25) is 11.7 Å². The molecule has 2 heterocycles. The Kier molecular flexibility index (Phi) is 7.09. The van der Waals surface area contributed by atoms with Crippen LogP contribution in [0.5, 0.6) is 0 Å². The number of carbonyl (C=O) groups excluding carboxylic acids is 2. The fraction of sp³-hybridized carbons (Fsp3) is 0.500. The lowest BCUT2D eigenvalue weighted by Crippen LogP contribution is -2.45. The monoisotopic (exact) mass is 456 g/mol. The highest BCUT2D eigenvalue weighted by Crippen LogP contribution is 2.22. The normalized spacial score (nSPS) is 14.7. The molecule has 1 aliphatic carbocycles. The van der Waals surface area contributed by atoms with Crippen molar-refractivity contribution < 1.29 is 9.59 Å². The van der Waals surface area contributed by atoms with Crippen LogP contribution in [0, 0.1) is 0 Å². The summed E-state index contributed by atoms with van der Waals surface area (Å²) >= 11 is 1.19. The summed E-state index contributed by atoms with van der Waals surface area (Å²) in [7, 11) is 0. The van der Waals surface area contributed by atoms with E-state index in [0.717, 1.165) is 38.5 Å². The highest BCUT2D eigenvalue weighted by atomic mass is 32.2. The number of nitrogens with zero attached hydrogens (tertiary/aromatic N) is 4. The number of urea groups is 1. The van der Waals surface area contributed by atoms with Crippen LogP contribution >= 0.6 is 11.8 Å². The molecule has 170 valence electrons. The van der Waals surface area contributed by atoms with Crippen molar-refractivity contribution in [1.82, 2.24) is 29.8 Å². The Morgan fingerprint density at radius 1 is 1.16 bits per heavy atom. The number of benzene rings is 1. The van der Waals surface area contributed by atoms with Crippen molar-refractivity contribution in [2.24, 2.45) is 0 Å². The number of aromatic nitrogens is 4. The maximum atomic E-state index is 13.0. The molecular weight excluding hydrogens is 428 g/mol. The predicted molar refractivity (Wildman–Crippen MR) is 124 cm³/mol. The molecule has 32 heavy (non-hydrogen) atoms. The lowest BCUT2D eigenvalue weighted by Gasteiger charge is -2.22. The number of imide groups is 1. The minimum absolute atomic E-state index is 0.0152. The van der Waals surface area contributed by atoms with Crippen LogP contribution in [-0.2, 0) is 11.3 Å². The summed E-state index contributed by atoms with van der Waals surface area (Å²) in [4.78, 5) is 37.5. The van der Waals surface area contributed by atoms with E-state index >= 15 is 0 Å². The lowest BCUT2D eigenvalue weighted by atomic mass is 9.96. The smallest absolute Gasteiger partial charge is 0.321 e. The topological polar surface area (TPSA) is 110 Å². The highest BCUT2D eigenvalue weighted by Gasteiger charge is 2.19. The summed E-state index contributed by atoms with van der Waals surface area (Å²) in [5.74, 6) is 0.0742. The van der Waals surface area contributed by atoms with E-state index in [9.17, 15) is 14.4 Å². The fourth-order valence-corrected chi connectivity index (χ4v) is 4.85. The van der Waals surface area contributed by atoms with Crippen LogP contribution in [-0.4, -0.2) is 42.9 Å². The van der Waals surface area contributed by atoms with Gasteiger partial charge in [-0.15, -0.1) is 10.2 Å². The van der Waals surface area contributed by atoms with Crippen molar-refractivity contribution in [3.8, 4) is 0 Å². The van der Waals surface area contributed by atoms with E-state index < -0.39 is 11.9 Å². The molecule has 10 heteroatoms. The second-order valence-electron chi connectivity index (χ2n) is 8.09. The quantitative estimate of drug-likeness (QED) is 0.529. The number of unbranched alkanes of at least 4 members (excludes halogenated alkanes) is 1. The summed E-state index contributed by atoms with van der Waals surface area (Å²) in [5, 5.41) is 14.8. The molecule has 1 saturated carbocycles. The zero-order chi connectivity index (χ0) is 22.5. The average Bonchev–Trinajstić information content (AvgIpc) is 3.22. The van der Waals surface area contributed by atoms with Crippen LogP contribution in [0.15, 0.2) is 34.2 Å². The second-order valence-corrected chi connectivity index (χ2v) is 9.03. The number of amides is 3. The van der Waals surface area contributed by atoms with E-state index in [1.165, 1.54) is 18.2 Å². The standard InChI is InChI=1S/C22H28N6O3S/c1-2-3-13-27-19(30)16-11-7-8-12-17(16)28-21(27)25-26-22(28)32-14-18(29)24-20(31)23-15-9-5-4-6-10-15/h7-8,11-12,15H,2-6,9-10,13-14H2,1H3,(H2,23,24,29,31). The van der Waals surface area contributed by atoms with Gasteiger partial charge >= 0.3 is 6.03 Å². The van der Waals surface area contributed by atoms with E-state index in [-0.39, 0.29) is 17.4 Å². The van der Waals surface area contributed by atoms with E-state index in [2.05, 4.69) is 27.8 Å². The van der Waals surface area contributed by atoms with E-state index in [0.29, 0.717) is 28.4 Å². The van der Waals surface area contributed by atoms with E-state index in [4.69, 9.17) is 0 Å². The Morgan fingerprint density at radius 3 is 2.72 bits per heavy atom. The number of para-hydroxylation sites is 1. The number of fused-ring (bicyclic) bond motifs is 3. The van der Waals surface area contributed by atoms with Crippen molar-refractivity contribution >= 4 is 40.4 Å². The number of carbonyl (C=O) groups is 2. The first kappa shape index (κ1) is 22.3. The third-order valence-corrected chi connectivity index (χ3v) is 6.67. The van der Waals surface area contributed by atoms with Gasteiger partial charge in [0.25, 0.3) is 5.56 Å². The largest absolute Gasteiger partial charge is 0.335 e. The van der Waals surface area contributed by atoms with Gasteiger partial charge in [-0.05, 0) is 31.4 Å². The summed E-state index contributed by atoms with van der Waals surface area (Å²) < 4.78 is 3.45. The number of nitrogens with one attached hydrogen (secondary N) is 2. The molecule has 3 aromatic rings. The molecule has 2 N–H and O–H groups in total. The Balaban J connectivity index is 1.51. The zero-order valence-corrected chi connectivity index (χ0v) is 19.0. The van der Waals surface area contributed by atoms with Crippen LogP contribution in [0.4, 0.5) is 4.79 Å². The van der Waals surface area contributed by atoms with Gasteiger partial charge in [-0.25, -0.2) is 4.79 Å². The van der Waals surface area contributed by atoms with Gasteiger partial charge in [0, 0.05) is 12.6 Å². The minimum atomic E-state index is -0.451. The van der Waals surface area contributed by atoms with Crippen molar-refractivity contribution in [3.63, 3.8) is 0 Å². The molecule has 0 unspecified atom stereocenters. The number of aryl methyl sites for hydroxylation is 1. The van der Waals surface area contributed by atoms with E-state index in [1.54, 1.807) is 10.6 Å². The first-order valence-electron chi connectivity index (χ1n) is 11.2. The Morgan fingerprint density at radius 2 is 1.94 bits per heavy atom. The van der Waals surface area contributed by atoms with Crippen LogP contribution in [0.3, 0.4) is 0 Å². The van der Waals surface area contributed by atoms with Gasteiger partial charge in [0.05, 0.1) is 16.7 Å². The van der Waals surface area contributed by atoms with Gasteiger partial charge in [-0.1, -0.05) is 56.5 Å². The van der Waals surface area contributed by atoms with Gasteiger partial charge < -0.3 is 5.32 Å². The summed E-state index contributed by atoms with van der Waals surface area (Å²) in [6.45, 7) is 2.62. The SMILES string of the molecule is CCCCn1c(=O)c2ccccc2n2c(SCC(=O)NC(=O)NC3CCCCC3)nnc12. The number of hydrogen-bond acceptors (Lipinski definition) is 6.